The predicted molar refractivity (Wildman–Crippen MR) is 102 cm³/mol. The summed E-state index contributed by atoms with van der Waals surface area (Å²) in [5.41, 5.74) is 1.37. The van der Waals surface area contributed by atoms with Crippen molar-refractivity contribution < 1.29 is 29.2 Å². The zero-order chi connectivity index (χ0) is 19.7. The largest absolute Gasteiger partial charge is 0.388 e. The lowest BCUT2D eigenvalue weighted by molar-refractivity contribution is -0.252. The number of aliphatic hydroxyl groups is 2. The first-order chi connectivity index (χ1) is 13.5. The lowest BCUT2D eigenvalue weighted by atomic mass is 10.0. The monoisotopic (exact) mass is 426 g/mol. The number of aliphatic hydroxyl groups excluding tert-OH is 2. The first kappa shape index (κ1) is 20.1. The van der Waals surface area contributed by atoms with Crippen molar-refractivity contribution in [1.82, 2.24) is 0 Å². The van der Waals surface area contributed by atoms with Crippen LogP contribution in [0, 0.1) is 0 Å². The smallest absolute Gasteiger partial charge is 0.184 e. The number of rotatable bonds is 2. The van der Waals surface area contributed by atoms with E-state index < -0.39 is 37.0 Å². The molecule has 8 heteroatoms. The summed E-state index contributed by atoms with van der Waals surface area (Å²) < 4.78 is 23.4. The molecule has 0 aliphatic carbocycles. The summed E-state index contributed by atoms with van der Waals surface area (Å²) in [6.45, 7) is -0.0457. The number of benzene rings is 2. The molecule has 2 aliphatic rings. The second-order valence-electron chi connectivity index (χ2n) is 6.77. The van der Waals surface area contributed by atoms with E-state index in [0.29, 0.717) is 21.2 Å². The molecule has 28 heavy (non-hydrogen) atoms. The Morgan fingerprint density at radius 2 is 1.36 bits per heavy atom. The summed E-state index contributed by atoms with van der Waals surface area (Å²) in [4.78, 5) is 0. The maximum atomic E-state index is 10.8. The average molecular weight is 427 g/mol. The van der Waals surface area contributed by atoms with Gasteiger partial charge in [0.15, 0.2) is 12.6 Å². The molecule has 2 heterocycles. The second-order valence-corrected chi connectivity index (χ2v) is 7.65. The van der Waals surface area contributed by atoms with Gasteiger partial charge in [-0.2, -0.15) is 0 Å². The fourth-order valence-electron chi connectivity index (χ4n) is 3.33. The van der Waals surface area contributed by atoms with Gasteiger partial charge in [0, 0.05) is 21.2 Å². The fraction of sp³-hybridized carbons (Fsp3) is 0.400. The van der Waals surface area contributed by atoms with Gasteiger partial charge >= 0.3 is 0 Å². The molecular weight excluding hydrogens is 407 g/mol. The zero-order valence-corrected chi connectivity index (χ0v) is 16.3. The topological polar surface area (TPSA) is 77.4 Å². The van der Waals surface area contributed by atoms with Crippen LogP contribution in [0.15, 0.2) is 48.5 Å². The van der Waals surface area contributed by atoms with Crippen molar-refractivity contribution in [2.45, 2.75) is 37.0 Å². The molecule has 0 amide bonds. The van der Waals surface area contributed by atoms with E-state index in [9.17, 15) is 10.2 Å². The molecule has 0 saturated carbocycles. The first-order valence-corrected chi connectivity index (χ1v) is 9.68. The van der Waals surface area contributed by atoms with Gasteiger partial charge in [-0.3, -0.25) is 0 Å². The van der Waals surface area contributed by atoms with Crippen LogP contribution in [0.5, 0.6) is 0 Å². The molecule has 2 saturated heterocycles. The van der Waals surface area contributed by atoms with Crippen LogP contribution in [-0.2, 0) is 18.9 Å². The Hall–Kier alpha value is -1.22. The highest BCUT2D eigenvalue weighted by molar-refractivity contribution is 6.30. The summed E-state index contributed by atoms with van der Waals surface area (Å²) in [6.07, 6.45) is -5.51. The molecule has 0 aromatic heterocycles. The molecule has 2 fully saturated rings. The van der Waals surface area contributed by atoms with E-state index in [1.807, 2.05) is 0 Å². The highest BCUT2D eigenvalue weighted by Gasteiger charge is 2.43. The lowest BCUT2D eigenvalue weighted by Gasteiger charge is -2.35. The number of hydrogen-bond donors (Lipinski definition) is 2. The Morgan fingerprint density at radius 3 is 1.96 bits per heavy atom. The summed E-state index contributed by atoms with van der Waals surface area (Å²) in [5.74, 6) is 0. The number of hydrogen-bond acceptors (Lipinski definition) is 6. The van der Waals surface area contributed by atoms with E-state index >= 15 is 0 Å². The van der Waals surface area contributed by atoms with E-state index in [0.717, 1.165) is 0 Å². The van der Waals surface area contributed by atoms with Gasteiger partial charge in [-0.1, -0.05) is 47.5 Å². The van der Waals surface area contributed by atoms with Gasteiger partial charge < -0.3 is 29.2 Å². The van der Waals surface area contributed by atoms with Gasteiger partial charge in [0.05, 0.1) is 13.2 Å². The van der Waals surface area contributed by atoms with Crippen molar-refractivity contribution in [3.8, 4) is 0 Å². The Bertz CT molecular complexity index is 775. The van der Waals surface area contributed by atoms with Gasteiger partial charge in [0.1, 0.15) is 24.4 Å². The van der Waals surface area contributed by atoms with Gasteiger partial charge in [0.25, 0.3) is 0 Å². The summed E-state index contributed by atoms with van der Waals surface area (Å²) in [5, 5.41) is 22.4. The van der Waals surface area contributed by atoms with Crippen molar-refractivity contribution in [2.75, 3.05) is 13.2 Å². The maximum absolute atomic E-state index is 10.8. The Balaban J connectivity index is 1.59. The third-order valence-corrected chi connectivity index (χ3v) is 5.22. The van der Waals surface area contributed by atoms with E-state index in [1.165, 1.54) is 0 Å². The molecule has 4 rings (SSSR count). The van der Waals surface area contributed by atoms with E-state index in [-0.39, 0.29) is 13.2 Å². The molecule has 6 nitrogen and oxygen atoms in total. The Kier molecular flexibility index (Phi) is 6.20. The standard InChI is InChI=1S/C20H20Cl2O6/c21-13-5-1-3-11(7-13)19-25-9-15(23)18-17(24)16(27-19)10-26-20(28-18)12-4-2-6-14(22)8-12/h1-8,15-20,23-24H,9-10H2/t15-,16+,17+,18+,19?,20?/m0/s1. The van der Waals surface area contributed by atoms with Crippen molar-refractivity contribution in [2.24, 2.45) is 0 Å². The molecule has 2 aromatic rings. The number of halogens is 2. The van der Waals surface area contributed by atoms with Crippen LogP contribution in [0.1, 0.15) is 23.7 Å². The third kappa shape index (κ3) is 4.35. The molecule has 0 radical (unpaired) electrons. The quantitative estimate of drug-likeness (QED) is 0.767. The van der Waals surface area contributed by atoms with Crippen LogP contribution < -0.4 is 0 Å². The second kappa shape index (κ2) is 8.65. The molecule has 2 N–H and O–H groups in total. The summed E-state index contributed by atoms with van der Waals surface area (Å²) in [7, 11) is 0. The minimum atomic E-state index is -1.11. The van der Waals surface area contributed by atoms with Crippen molar-refractivity contribution >= 4 is 23.2 Å². The molecular formula is C20H20Cl2O6. The van der Waals surface area contributed by atoms with Crippen LogP contribution in [0.25, 0.3) is 0 Å². The lowest BCUT2D eigenvalue weighted by Crippen LogP contribution is -2.50. The minimum absolute atomic E-state index is 0.0436. The van der Waals surface area contributed by atoms with E-state index in [1.54, 1.807) is 48.5 Å². The van der Waals surface area contributed by atoms with Crippen molar-refractivity contribution in [3.05, 3.63) is 69.7 Å². The Labute approximate surface area is 172 Å². The Morgan fingerprint density at radius 1 is 0.786 bits per heavy atom. The number of fused-ring (bicyclic) bond motifs is 2. The average Bonchev–Trinajstić information content (AvgIpc) is 2.85. The fourth-order valence-corrected chi connectivity index (χ4v) is 3.73. The predicted octanol–water partition coefficient (Wildman–Crippen LogP) is 3.24. The van der Waals surface area contributed by atoms with Crippen molar-refractivity contribution in [1.29, 1.82) is 0 Å². The molecule has 0 spiro atoms. The molecule has 2 aromatic carbocycles. The summed E-state index contributed by atoms with van der Waals surface area (Å²) in [6, 6.07) is 14.1. The van der Waals surface area contributed by atoms with Gasteiger partial charge in [-0.05, 0) is 24.3 Å². The maximum Gasteiger partial charge on any atom is 0.184 e. The minimum Gasteiger partial charge on any atom is -0.388 e. The van der Waals surface area contributed by atoms with Gasteiger partial charge in [0.2, 0.25) is 0 Å². The highest BCUT2D eigenvalue weighted by atomic mass is 35.5. The summed E-state index contributed by atoms with van der Waals surface area (Å²) >= 11 is 12.1. The van der Waals surface area contributed by atoms with Crippen LogP contribution in [0.2, 0.25) is 10.0 Å². The number of ether oxygens (including phenoxy) is 4. The normalized spacial score (nSPS) is 33.6. The van der Waals surface area contributed by atoms with Crippen LogP contribution in [-0.4, -0.2) is 47.8 Å². The van der Waals surface area contributed by atoms with Gasteiger partial charge in [-0.25, -0.2) is 0 Å². The first-order valence-electron chi connectivity index (χ1n) is 8.92. The highest BCUT2D eigenvalue weighted by Crippen LogP contribution is 2.34. The van der Waals surface area contributed by atoms with Crippen LogP contribution in [0.3, 0.4) is 0 Å². The van der Waals surface area contributed by atoms with Crippen LogP contribution in [0.4, 0.5) is 0 Å². The SMILES string of the molecule is O[C@H]1[C@@H]2OC(c3cccc(Cl)c3)OC[C@H]1OC(c1cccc(Cl)c1)OC[C@@H]2O. The molecule has 2 unspecified atom stereocenters. The molecule has 2 aliphatic heterocycles. The molecule has 2 bridgehead atoms. The molecule has 150 valence electrons. The third-order valence-electron chi connectivity index (χ3n) is 4.75. The van der Waals surface area contributed by atoms with Crippen LogP contribution >= 0.6 is 23.2 Å². The van der Waals surface area contributed by atoms with E-state index in [4.69, 9.17) is 42.1 Å². The van der Waals surface area contributed by atoms with Crippen molar-refractivity contribution in [3.63, 3.8) is 0 Å². The zero-order valence-electron chi connectivity index (χ0n) is 14.8. The molecule has 6 atom stereocenters. The van der Waals surface area contributed by atoms with Gasteiger partial charge in [-0.15, -0.1) is 0 Å². The van der Waals surface area contributed by atoms with E-state index in [2.05, 4.69) is 0 Å².